The van der Waals surface area contributed by atoms with Crippen molar-refractivity contribution < 1.29 is 23.9 Å². The highest BCUT2D eigenvalue weighted by Gasteiger charge is 2.25. The minimum atomic E-state index is -1.19. The summed E-state index contributed by atoms with van der Waals surface area (Å²) in [5.74, 6) is -1.48. The molecule has 7 heteroatoms. The number of nitrogens with one attached hydrogen (secondary N) is 1. The van der Waals surface area contributed by atoms with Gasteiger partial charge >= 0.3 is 12.1 Å². The quantitative estimate of drug-likeness (QED) is 0.772. The fraction of sp³-hybridized carbons (Fsp3) is 0.438. The lowest BCUT2D eigenvalue weighted by atomic mass is 10.2. The van der Waals surface area contributed by atoms with Crippen molar-refractivity contribution >= 4 is 18.0 Å². The summed E-state index contributed by atoms with van der Waals surface area (Å²) in [5, 5.41) is 2.27. The molecule has 0 saturated heterocycles. The van der Waals surface area contributed by atoms with Crippen LogP contribution in [0.25, 0.3) is 0 Å². The average molecular weight is 322 g/mol. The van der Waals surface area contributed by atoms with E-state index in [0.29, 0.717) is 0 Å². The van der Waals surface area contributed by atoms with Crippen LogP contribution < -0.4 is 11.1 Å². The van der Waals surface area contributed by atoms with Crippen LogP contribution in [0.3, 0.4) is 0 Å². The van der Waals surface area contributed by atoms with Crippen molar-refractivity contribution in [2.45, 2.75) is 45.4 Å². The van der Waals surface area contributed by atoms with Gasteiger partial charge in [-0.25, -0.2) is 4.79 Å². The summed E-state index contributed by atoms with van der Waals surface area (Å²) in [5.41, 5.74) is 5.28. The monoisotopic (exact) mass is 322 g/mol. The van der Waals surface area contributed by atoms with E-state index in [2.05, 4.69) is 5.32 Å². The predicted octanol–water partition coefficient (Wildman–Crippen LogP) is 1.50. The van der Waals surface area contributed by atoms with E-state index in [-0.39, 0.29) is 13.0 Å². The summed E-state index contributed by atoms with van der Waals surface area (Å²) in [7, 11) is 0. The number of benzene rings is 1. The van der Waals surface area contributed by atoms with Gasteiger partial charge in [-0.05, 0) is 26.3 Å². The molecule has 126 valence electrons. The summed E-state index contributed by atoms with van der Waals surface area (Å²) in [6.45, 7) is 5.12. The van der Waals surface area contributed by atoms with Crippen molar-refractivity contribution in [3.63, 3.8) is 0 Å². The molecule has 1 unspecified atom stereocenters. The second-order valence-electron chi connectivity index (χ2n) is 5.95. The molecule has 1 atom stereocenters. The molecule has 0 fully saturated rings. The van der Waals surface area contributed by atoms with Crippen molar-refractivity contribution in [1.29, 1.82) is 0 Å². The number of nitrogens with two attached hydrogens (primary N) is 1. The van der Waals surface area contributed by atoms with Crippen molar-refractivity contribution in [3.8, 4) is 0 Å². The van der Waals surface area contributed by atoms with Crippen LogP contribution in [-0.4, -0.2) is 29.6 Å². The van der Waals surface area contributed by atoms with Crippen LogP contribution in [0.1, 0.15) is 32.8 Å². The Morgan fingerprint density at radius 1 is 1.17 bits per heavy atom. The van der Waals surface area contributed by atoms with Gasteiger partial charge in [0.15, 0.2) is 0 Å². The molecule has 0 heterocycles. The molecule has 1 rings (SSSR count). The zero-order valence-electron chi connectivity index (χ0n) is 13.5. The van der Waals surface area contributed by atoms with Crippen molar-refractivity contribution in [2.75, 3.05) is 0 Å². The van der Waals surface area contributed by atoms with Crippen LogP contribution in [0.15, 0.2) is 30.3 Å². The number of carbonyl (C=O) groups is 3. The van der Waals surface area contributed by atoms with Gasteiger partial charge in [0.1, 0.15) is 18.2 Å². The van der Waals surface area contributed by atoms with Crippen LogP contribution in [0.5, 0.6) is 0 Å². The molecule has 0 aromatic heterocycles. The molecule has 0 saturated carbocycles. The standard InChI is InChI=1S/C16H22N2O5/c1-16(2,3)23-15(21)18-12(14(17)20)9-13(19)22-10-11-7-5-4-6-8-11/h4-8,12H,9-10H2,1-3H3,(H2,17,20)(H,18,21). The zero-order chi connectivity index (χ0) is 17.5. The number of rotatable bonds is 6. The molecule has 0 radical (unpaired) electrons. The third kappa shape index (κ3) is 7.85. The molecular weight excluding hydrogens is 300 g/mol. The Morgan fingerprint density at radius 3 is 2.30 bits per heavy atom. The Balaban J connectivity index is 2.50. The third-order valence-corrected chi connectivity index (χ3v) is 2.65. The lowest BCUT2D eigenvalue weighted by Gasteiger charge is -2.22. The van der Waals surface area contributed by atoms with E-state index >= 15 is 0 Å². The van der Waals surface area contributed by atoms with E-state index in [1.54, 1.807) is 32.9 Å². The van der Waals surface area contributed by atoms with E-state index in [0.717, 1.165) is 5.56 Å². The molecule has 0 aliphatic heterocycles. The van der Waals surface area contributed by atoms with Gasteiger partial charge in [-0.1, -0.05) is 30.3 Å². The predicted molar refractivity (Wildman–Crippen MR) is 83.2 cm³/mol. The van der Waals surface area contributed by atoms with Gasteiger partial charge in [0.25, 0.3) is 0 Å². The number of carbonyl (C=O) groups excluding carboxylic acids is 3. The molecule has 2 amide bonds. The summed E-state index contributed by atoms with van der Waals surface area (Å²) in [6, 6.07) is 7.90. The molecule has 0 spiro atoms. The summed E-state index contributed by atoms with van der Waals surface area (Å²) in [4.78, 5) is 34.8. The number of alkyl carbamates (subject to hydrolysis) is 1. The SMILES string of the molecule is CC(C)(C)OC(=O)NC(CC(=O)OCc1ccccc1)C(N)=O. The van der Waals surface area contributed by atoms with E-state index in [4.69, 9.17) is 15.2 Å². The highest BCUT2D eigenvalue weighted by atomic mass is 16.6. The molecule has 23 heavy (non-hydrogen) atoms. The smallest absolute Gasteiger partial charge is 0.408 e. The molecule has 0 aliphatic rings. The number of hydrogen-bond donors (Lipinski definition) is 2. The summed E-state index contributed by atoms with van der Waals surface area (Å²) in [6.07, 6.45) is -1.18. The van der Waals surface area contributed by atoms with Crippen LogP contribution in [0.4, 0.5) is 4.79 Å². The Morgan fingerprint density at radius 2 is 1.78 bits per heavy atom. The number of primary amides is 1. The Labute approximate surface area is 135 Å². The minimum absolute atomic E-state index is 0.0809. The van der Waals surface area contributed by atoms with Crippen LogP contribution >= 0.6 is 0 Å². The summed E-state index contributed by atoms with van der Waals surface area (Å²) >= 11 is 0. The first-order chi connectivity index (χ1) is 10.7. The van der Waals surface area contributed by atoms with Gasteiger partial charge in [-0.3, -0.25) is 9.59 Å². The van der Waals surface area contributed by atoms with Crippen molar-refractivity contribution in [1.82, 2.24) is 5.32 Å². The first-order valence-electron chi connectivity index (χ1n) is 7.16. The van der Waals surface area contributed by atoms with Gasteiger partial charge in [0, 0.05) is 0 Å². The molecule has 0 aliphatic carbocycles. The van der Waals surface area contributed by atoms with E-state index in [1.165, 1.54) is 0 Å². The second-order valence-corrected chi connectivity index (χ2v) is 5.95. The number of amides is 2. The van der Waals surface area contributed by atoms with Gasteiger partial charge in [0.2, 0.25) is 5.91 Å². The number of ether oxygens (including phenoxy) is 2. The van der Waals surface area contributed by atoms with E-state index in [9.17, 15) is 14.4 Å². The van der Waals surface area contributed by atoms with Gasteiger partial charge in [-0.2, -0.15) is 0 Å². The lowest BCUT2D eigenvalue weighted by molar-refractivity contribution is -0.146. The maximum absolute atomic E-state index is 11.8. The zero-order valence-corrected chi connectivity index (χ0v) is 13.5. The van der Waals surface area contributed by atoms with Crippen LogP contribution in [0, 0.1) is 0 Å². The Hall–Kier alpha value is -2.57. The molecule has 0 bridgehead atoms. The van der Waals surface area contributed by atoms with Crippen LogP contribution in [0.2, 0.25) is 0 Å². The maximum atomic E-state index is 11.8. The summed E-state index contributed by atoms with van der Waals surface area (Å²) < 4.78 is 10.1. The first kappa shape index (κ1) is 18.5. The van der Waals surface area contributed by atoms with E-state index < -0.39 is 29.6 Å². The fourth-order valence-corrected chi connectivity index (χ4v) is 1.64. The van der Waals surface area contributed by atoms with Gasteiger partial charge in [-0.15, -0.1) is 0 Å². The fourth-order valence-electron chi connectivity index (χ4n) is 1.64. The topological polar surface area (TPSA) is 108 Å². The maximum Gasteiger partial charge on any atom is 0.408 e. The Kier molecular flexibility index (Phi) is 6.56. The first-order valence-corrected chi connectivity index (χ1v) is 7.16. The molecule has 1 aromatic carbocycles. The normalized spacial score (nSPS) is 12.1. The van der Waals surface area contributed by atoms with Crippen molar-refractivity contribution in [3.05, 3.63) is 35.9 Å². The number of esters is 1. The largest absolute Gasteiger partial charge is 0.461 e. The van der Waals surface area contributed by atoms with Crippen molar-refractivity contribution in [2.24, 2.45) is 5.73 Å². The molecular formula is C16H22N2O5. The molecule has 7 nitrogen and oxygen atoms in total. The molecule has 1 aromatic rings. The number of hydrogen-bond acceptors (Lipinski definition) is 5. The van der Waals surface area contributed by atoms with Gasteiger partial charge < -0.3 is 20.5 Å². The highest BCUT2D eigenvalue weighted by Crippen LogP contribution is 2.08. The molecule has 3 N–H and O–H groups in total. The van der Waals surface area contributed by atoms with Crippen LogP contribution in [-0.2, 0) is 25.7 Å². The highest BCUT2D eigenvalue weighted by molar-refractivity contribution is 5.88. The minimum Gasteiger partial charge on any atom is -0.461 e. The second kappa shape index (κ2) is 8.17. The average Bonchev–Trinajstić information content (AvgIpc) is 2.43. The van der Waals surface area contributed by atoms with E-state index in [1.807, 2.05) is 18.2 Å². The van der Waals surface area contributed by atoms with Gasteiger partial charge in [0.05, 0.1) is 6.42 Å². The lowest BCUT2D eigenvalue weighted by Crippen LogP contribution is -2.47. The Bertz CT molecular complexity index is 551. The third-order valence-electron chi connectivity index (χ3n) is 2.65.